The van der Waals surface area contributed by atoms with E-state index in [0.717, 1.165) is 11.0 Å². The first-order valence-corrected chi connectivity index (χ1v) is 15.5. The molecule has 3 aliphatic rings. The monoisotopic (exact) mass is 637 g/mol. The summed E-state index contributed by atoms with van der Waals surface area (Å²) in [6.45, 7) is -4.84. The van der Waals surface area contributed by atoms with Crippen molar-refractivity contribution in [3.63, 3.8) is 0 Å². The number of nitrogens with zero attached hydrogens (tertiary/aromatic N) is 9. The van der Waals surface area contributed by atoms with Gasteiger partial charge in [0.1, 0.15) is 24.6 Å². The number of hydrogen-bond donors (Lipinski definition) is 5. The Morgan fingerprint density at radius 3 is 2.84 bits per heavy atom. The highest BCUT2D eigenvalue weighted by molar-refractivity contribution is 8.44. The lowest BCUT2D eigenvalue weighted by Gasteiger charge is -2.27. The van der Waals surface area contributed by atoms with E-state index in [1.165, 1.54) is 21.5 Å². The smallest absolute Gasteiger partial charge is 0.386 e. The number of alkyl halides is 1. The molecule has 10 atom stereocenters. The number of aromatic amines is 1. The van der Waals surface area contributed by atoms with E-state index in [1.807, 2.05) is 0 Å². The van der Waals surface area contributed by atoms with E-state index in [0.29, 0.717) is 0 Å². The molecular weight excluding hydrogens is 616 g/mol. The van der Waals surface area contributed by atoms with Crippen molar-refractivity contribution >= 4 is 53.0 Å². The summed E-state index contributed by atoms with van der Waals surface area (Å²) in [5.41, 5.74) is 5.78. The van der Waals surface area contributed by atoms with Gasteiger partial charge in [-0.2, -0.15) is 9.67 Å². The molecule has 5 aromatic heterocycles. The van der Waals surface area contributed by atoms with Gasteiger partial charge in [-0.05, 0) is 0 Å². The fraction of sp³-hybridized carbons (Fsp3) is 0.476. The molecule has 0 radical (unpaired) electrons. The number of nitrogen functional groups attached to an aromatic ring is 1. The van der Waals surface area contributed by atoms with E-state index < -0.39 is 74.0 Å². The van der Waals surface area contributed by atoms with Crippen molar-refractivity contribution in [2.45, 2.75) is 49.1 Å². The lowest BCUT2D eigenvalue weighted by molar-refractivity contribution is -0.0668. The zero-order chi connectivity index (χ0) is 29.8. The summed E-state index contributed by atoms with van der Waals surface area (Å²) in [6.07, 6.45) is -4.52. The average molecular weight is 638 g/mol. The molecule has 2 saturated heterocycles. The number of nitrogens with two attached hydrogens (primary N) is 1. The number of hydrogen-bond acceptors (Lipinski definition) is 15. The van der Waals surface area contributed by atoms with Gasteiger partial charge >= 0.3 is 6.80 Å². The largest absolute Gasteiger partial charge is 0.390 e. The second-order valence-electron chi connectivity index (χ2n) is 10.3. The molecule has 2 aliphatic heterocycles. The van der Waals surface area contributed by atoms with Crippen LogP contribution in [0.2, 0.25) is 0 Å². The summed E-state index contributed by atoms with van der Waals surface area (Å²) in [5, 5.41) is 28.5. The van der Waals surface area contributed by atoms with Gasteiger partial charge in [0.25, 0.3) is 5.56 Å². The Balaban J connectivity index is 1.00. The molecule has 22 heteroatoms. The standard InChI is InChI=1S/C21H21FN11O8PS/c22-8-11(34)6(39-19(8)33-16-9(29-30-33)15(23)25-4-26-16)3-38-42(37,43)41-14-7-12(35)13(7)40-20(14)32-5-27-10-17(32)28-21-24-1-2-31(21)18(10)36/h1-2,4-8,11-14,19-20,34-35H,3H2,(H,24,28)(H,37,43)(H2,23,25,26)/t6-,7?,8+,11-,12?,13+,14-,19-,20-,42?/m1/s1. The first kappa shape index (κ1) is 27.0. The number of imidazole rings is 2. The van der Waals surface area contributed by atoms with Crippen molar-refractivity contribution < 1.29 is 37.7 Å². The number of rotatable bonds is 7. The third-order valence-corrected chi connectivity index (χ3v) is 9.36. The Labute approximate surface area is 242 Å². The van der Waals surface area contributed by atoms with Crippen molar-refractivity contribution in [3.05, 3.63) is 35.4 Å². The molecule has 3 unspecified atom stereocenters. The molecule has 0 aromatic carbocycles. The second kappa shape index (κ2) is 9.47. The third kappa shape index (κ3) is 4.11. The topological polar surface area (TPSA) is 245 Å². The van der Waals surface area contributed by atoms with Gasteiger partial charge in [-0.15, -0.1) is 5.10 Å². The Morgan fingerprint density at radius 1 is 1.16 bits per heavy atom. The number of aliphatic hydroxyl groups is 2. The van der Waals surface area contributed by atoms with Crippen LogP contribution in [0.1, 0.15) is 12.5 Å². The molecule has 43 heavy (non-hydrogen) atoms. The summed E-state index contributed by atoms with van der Waals surface area (Å²) in [4.78, 5) is 32.1. The molecule has 1 aliphatic carbocycles. The molecule has 19 nitrogen and oxygen atoms in total. The van der Waals surface area contributed by atoms with E-state index in [2.05, 4.69) is 47.5 Å². The normalized spacial score (nSPS) is 33.4. The first-order valence-electron chi connectivity index (χ1n) is 12.8. The predicted octanol–water partition coefficient (Wildman–Crippen LogP) is -0.886. The fourth-order valence-corrected chi connectivity index (χ4v) is 7.03. The van der Waals surface area contributed by atoms with Gasteiger partial charge in [-0.3, -0.25) is 22.8 Å². The summed E-state index contributed by atoms with van der Waals surface area (Å²) in [5.74, 6) is -0.304. The zero-order valence-corrected chi connectivity index (χ0v) is 23.2. The van der Waals surface area contributed by atoms with E-state index >= 15 is 4.39 Å². The highest BCUT2D eigenvalue weighted by Crippen LogP contribution is 2.61. The number of fused-ring (bicyclic) bond motifs is 4. The van der Waals surface area contributed by atoms with Crippen LogP contribution in [0.15, 0.2) is 29.8 Å². The molecule has 1 saturated carbocycles. The van der Waals surface area contributed by atoms with Crippen molar-refractivity contribution in [3.8, 4) is 0 Å². The van der Waals surface area contributed by atoms with Crippen LogP contribution in [0.3, 0.4) is 0 Å². The third-order valence-electron chi connectivity index (χ3n) is 7.75. The zero-order valence-electron chi connectivity index (χ0n) is 21.4. The van der Waals surface area contributed by atoms with E-state index in [1.54, 1.807) is 6.20 Å². The minimum Gasteiger partial charge on any atom is -0.390 e. The summed E-state index contributed by atoms with van der Waals surface area (Å²) in [7, 11) is 0. The molecule has 5 aromatic rings. The Bertz CT molecular complexity index is 2000. The predicted molar refractivity (Wildman–Crippen MR) is 142 cm³/mol. The maximum absolute atomic E-state index is 15.1. The number of aliphatic hydroxyl groups excluding tert-OH is 2. The van der Waals surface area contributed by atoms with Gasteiger partial charge in [0.15, 0.2) is 46.8 Å². The maximum atomic E-state index is 15.1. The fourth-order valence-electron chi connectivity index (χ4n) is 5.55. The number of nitrogens with one attached hydrogen (secondary N) is 1. The van der Waals surface area contributed by atoms with Crippen molar-refractivity contribution in [2.24, 2.45) is 5.92 Å². The maximum Gasteiger partial charge on any atom is 0.386 e. The van der Waals surface area contributed by atoms with Crippen LogP contribution < -0.4 is 11.3 Å². The second-order valence-corrected chi connectivity index (χ2v) is 13.1. The van der Waals surface area contributed by atoms with Crippen molar-refractivity contribution in [2.75, 3.05) is 12.3 Å². The quantitative estimate of drug-likeness (QED) is 0.107. The van der Waals surface area contributed by atoms with Gasteiger partial charge in [-0.25, -0.2) is 23.9 Å². The Morgan fingerprint density at radius 2 is 2.00 bits per heavy atom. The van der Waals surface area contributed by atoms with Crippen LogP contribution >= 0.6 is 19.0 Å². The molecular formula is C21H21FN11O8PS. The number of ether oxygens (including phenoxy) is 2. The highest BCUT2D eigenvalue weighted by Gasteiger charge is 2.66. The van der Waals surface area contributed by atoms with Gasteiger partial charge in [0.05, 0.1) is 25.1 Å². The number of halogens is 1. The molecule has 0 spiro atoms. The van der Waals surface area contributed by atoms with Crippen LogP contribution in [0.5, 0.6) is 0 Å². The van der Waals surface area contributed by atoms with Crippen LogP contribution in [-0.4, -0.2) is 102 Å². The van der Waals surface area contributed by atoms with E-state index in [-0.39, 0.29) is 33.9 Å². The Hall–Kier alpha value is -3.56. The molecule has 8 rings (SSSR count). The van der Waals surface area contributed by atoms with Gasteiger partial charge < -0.3 is 30.4 Å². The number of H-pyrrole nitrogens is 1. The van der Waals surface area contributed by atoms with E-state index in [4.69, 9.17) is 24.3 Å². The van der Waals surface area contributed by atoms with Crippen LogP contribution in [0, 0.1) is 5.92 Å². The van der Waals surface area contributed by atoms with Crippen molar-refractivity contribution in [1.82, 2.24) is 48.9 Å². The molecule has 226 valence electrons. The molecule has 0 bridgehead atoms. The van der Waals surface area contributed by atoms with Crippen LogP contribution in [0.4, 0.5) is 10.2 Å². The molecule has 0 amide bonds. The van der Waals surface area contributed by atoms with Gasteiger partial charge in [-0.1, -0.05) is 17.5 Å². The lowest BCUT2D eigenvalue weighted by Crippen LogP contribution is -2.32. The van der Waals surface area contributed by atoms with Crippen molar-refractivity contribution in [1.29, 1.82) is 0 Å². The Kier molecular flexibility index (Phi) is 5.95. The lowest BCUT2D eigenvalue weighted by atomic mass is 10.1. The average Bonchev–Trinajstić information content (AvgIpc) is 3.62. The summed E-state index contributed by atoms with van der Waals surface area (Å²) < 4.78 is 55.0. The SMILES string of the molecule is Nc1ncnc2c1nnn2[C@@H]1O[C@H](COP(=O)(S)O[C@@H]2C3C(O)[C@H]3O[C@H]2n2cnc3c(=O)n4cc[nH]c4nc32)[C@@H](O)[C@@H]1F. The first-order chi connectivity index (χ1) is 20.6. The van der Waals surface area contributed by atoms with Gasteiger partial charge in [0.2, 0.25) is 5.78 Å². The molecule has 7 heterocycles. The van der Waals surface area contributed by atoms with E-state index in [9.17, 15) is 19.6 Å². The minimum atomic E-state index is -4.25. The number of anilines is 1. The van der Waals surface area contributed by atoms with Gasteiger partial charge in [0, 0.05) is 18.3 Å². The number of aromatic nitrogens is 10. The van der Waals surface area contributed by atoms with Crippen LogP contribution in [-0.2, 0) is 23.1 Å². The summed E-state index contributed by atoms with van der Waals surface area (Å²) >= 11 is 4.07. The summed E-state index contributed by atoms with van der Waals surface area (Å²) in [6, 6.07) is 0. The highest BCUT2D eigenvalue weighted by atomic mass is 32.7. The molecule has 5 N–H and O–H groups in total. The minimum absolute atomic E-state index is 0.0277. The van der Waals surface area contributed by atoms with Crippen LogP contribution in [0.25, 0.3) is 28.1 Å². The number of thiol groups is 1. The molecule has 3 fully saturated rings.